The second-order valence-electron chi connectivity index (χ2n) is 0.231. The van der Waals surface area contributed by atoms with Crippen molar-refractivity contribution in [3.05, 3.63) is 0 Å². The summed E-state index contributed by atoms with van der Waals surface area (Å²) in [6.07, 6.45) is 0. The predicted octanol–water partition coefficient (Wildman–Crippen LogP) is -1.62. The molecule has 0 aromatic carbocycles. The molecule has 0 aliphatic rings. The Bertz CT molecular complexity index is 29.9. The molecule has 0 spiro atoms. The van der Waals surface area contributed by atoms with Gasteiger partial charge >= 0.3 is 30.4 Å². The van der Waals surface area contributed by atoms with Gasteiger partial charge in [-0.25, -0.2) is 0 Å². The monoisotopic (exact) mass is 382 g/mol. The first-order chi connectivity index (χ1) is 1.73. The van der Waals surface area contributed by atoms with E-state index in [0.29, 0.717) is 0 Å². The first-order valence-corrected chi connectivity index (χ1v) is 3.57. The van der Waals surface area contributed by atoms with Crippen LogP contribution >= 0.6 is 0 Å². The third-order valence-electron chi connectivity index (χ3n) is 0. The predicted molar refractivity (Wildman–Crippen MR) is 10.9 cm³/mol. The van der Waals surface area contributed by atoms with Crippen molar-refractivity contribution in [2.45, 2.75) is 0 Å². The summed E-state index contributed by atoms with van der Waals surface area (Å²) in [5.41, 5.74) is 0. The SMILES string of the molecule is O=[Te](O)O.[Hg]. The summed E-state index contributed by atoms with van der Waals surface area (Å²) < 4.78 is 23.3. The molecule has 0 aromatic heterocycles. The molecular weight excluding hydrogens is 376 g/mol. The maximum absolute atomic E-state index is 8.81. The molecule has 0 aliphatic heterocycles. The van der Waals surface area contributed by atoms with Crippen LogP contribution in [0.5, 0.6) is 0 Å². The van der Waals surface area contributed by atoms with Gasteiger partial charge in [0.1, 0.15) is 0 Å². The Kier molecular flexibility index (Phi) is 10.5. The van der Waals surface area contributed by atoms with Crippen molar-refractivity contribution >= 4 is 20.4 Å². The van der Waals surface area contributed by atoms with Gasteiger partial charge in [0.15, 0.2) is 0 Å². The Labute approximate surface area is 57.6 Å². The van der Waals surface area contributed by atoms with E-state index in [1.54, 1.807) is 0 Å². The van der Waals surface area contributed by atoms with Crippen LogP contribution in [0.3, 0.4) is 0 Å². The summed E-state index contributed by atoms with van der Waals surface area (Å²) in [6.45, 7) is 0. The van der Waals surface area contributed by atoms with Crippen molar-refractivity contribution in [3.63, 3.8) is 0 Å². The summed E-state index contributed by atoms with van der Waals surface area (Å²) in [5.74, 6) is 0. The molecule has 0 unspecified atom stereocenters. The second kappa shape index (κ2) is 5.44. The summed E-state index contributed by atoms with van der Waals surface area (Å²) in [4.78, 5) is 0. The van der Waals surface area contributed by atoms with Crippen molar-refractivity contribution in [1.82, 2.24) is 0 Å². The van der Waals surface area contributed by atoms with E-state index in [1.807, 2.05) is 0 Å². The van der Waals surface area contributed by atoms with Crippen LogP contribution in [-0.4, -0.2) is 27.3 Å². The Morgan fingerprint density at radius 1 is 1.40 bits per heavy atom. The summed E-state index contributed by atoms with van der Waals surface area (Å²) >= 11 is -3.61. The molecule has 3 nitrogen and oxygen atoms in total. The van der Waals surface area contributed by atoms with Crippen LogP contribution in [0.4, 0.5) is 0 Å². The molecule has 0 radical (unpaired) electrons. The maximum Gasteiger partial charge on any atom is 0 e. The first kappa shape index (κ1) is 9.67. The minimum Gasteiger partial charge on any atom is 0 e. The number of rotatable bonds is 0. The van der Waals surface area contributed by atoms with Crippen LogP contribution in [-0.2, 0) is 30.8 Å². The van der Waals surface area contributed by atoms with E-state index in [9.17, 15) is 0 Å². The van der Waals surface area contributed by atoms with Crippen molar-refractivity contribution in [3.8, 4) is 0 Å². The zero-order chi connectivity index (χ0) is 3.58. The standard InChI is InChI=1S/Hg.H2O3Te/c;1-4(2)3/h;(H2,1,2,3). The topological polar surface area (TPSA) is 57.5 Å². The molecule has 0 aliphatic carbocycles. The fourth-order valence-electron chi connectivity index (χ4n) is 0. The first-order valence-electron chi connectivity index (χ1n) is 0.532. The quantitative estimate of drug-likeness (QED) is 0.499. The Balaban J connectivity index is 0. The fraction of sp³-hybridized carbons (Fsp3) is 0. The molecule has 0 fully saturated rings. The van der Waals surface area contributed by atoms with E-state index < -0.39 is 20.4 Å². The molecule has 0 saturated carbocycles. The van der Waals surface area contributed by atoms with Crippen molar-refractivity contribution in [2.24, 2.45) is 0 Å². The van der Waals surface area contributed by atoms with E-state index in [1.165, 1.54) is 0 Å². The van der Waals surface area contributed by atoms with Gasteiger partial charge in [0.25, 0.3) is 0 Å². The van der Waals surface area contributed by atoms with Gasteiger partial charge in [-0.2, -0.15) is 0 Å². The van der Waals surface area contributed by atoms with Crippen LogP contribution < -0.4 is 0 Å². The zero-order valence-electron chi connectivity index (χ0n) is 2.42. The molecule has 0 bridgehead atoms. The molecule has 0 rings (SSSR count). The van der Waals surface area contributed by atoms with Crippen LogP contribution in [0.2, 0.25) is 0 Å². The van der Waals surface area contributed by atoms with Gasteiger partial charge in [0, 0.05) is 27.7 Å². The van der Waals surface area contributed by atoms with Gasteiger partial charge in [-0.05, 0) is 0 Å². The number of hydrogen-bond acceptors (Lipinski definition) is 1. The van der Waals surface area contributed by atoms with Gasteiger partial charge in [-0.3, -0.25) is 0 Å². The summed E-state index contributed by atoms with van der Waals surface area (Å²) in [5, 5.41) is 0. The third kappa shape index (κ3) is 31.0. The molecule has 5 heavy (non-hydrogen) atoms. The molecule has 0 atom stereocenters. The van der Waals surface area contributed by atoms with Crippen LogP contribution in [0.15, 0.2) is 0 Å². The zero-order valence-corrected chi connectivity index (χ0v) is 10.2. The van der Waals surface area contributed by atoms with Crippen molar-refractivity contribution in [2.75, 3.05) is 0 Å². The van der Waals surface area contributed by atoms with Crippen LogP contribution in [0.1, 0.15) is 0 Å². The minimum absolute atomic E-state index is 0. The molecule has 28 valence electrons. The number of hydrogen-bond donors (Lipinski definition) is 2. The smallest absolute Gasteiger partial charge is 0 e. The minimum atomic E-state index is -3.61. The Hall–Kier alpha value is 1.44. The summed E-state index contributed by atoms with van der Waals surface area (Å²) in [6, 6.07) is 0. The van der Waals surface area contributed by atoms with Gasteiger partial charge < -0.3 is 0 Å². The maximum atomic E-state index is 8.81. The van der Waals surface area contributed by atoms with Gasteiger partial charge in [-0.1, -0.05) is 0 Å². The van der Waals surface area contributed by atoms with E-state index in [0.717, 1.165) is 0 Å². The van der Waals surface area contributed by atoms with Crippen molar-refractivity contribution in [1.29, 1.82) is 0 Å². The average molecular weight is 378 g/mol. The molecule has 0 amide bonds. The van der Waals surface area contributed by atoms with E-state index in [4.69, 9.17) is 10.0 Å². The molecular formula is H2HgO3Te. The van der Waals surface area contributed by atoms with Gasteiger partial charge in [0.2, 0.25) is 0 Å². The van der Waals surface area contributed by atoms with E-state index >= 15 is 0 Å². The largest absolute Gasteiger partial charge is 0 e. The third-order valence-corrected chi connectivity index (χ3v) is 0. The molecule has 0 saturated heterocycles. The molecule has 0 aromatic rings. The Morgan fingerprint density at radius 2 is 1.40 bits per heavy atom. The van der Waals surface area contributed by atoms with Crippen LogP contribution in [0, 0.1) is 0 Å². The normalized spacial score (nSPS) is 7.00. The van der Waals surface area contributed by atoms with Crippen molar-refractivity contribution < 1.29 is 37.7 Å². The average Bonchev–Trinajstić information content (AvgIpc) is 0.811. The molecule has 5 heteroatoms. The Morgan fingerprint density at radius 3 is 1.40 bits per heavy atom. The van der Waals surface area contributed by atoms with E-state index in [-0.39, 0.29) is 27.7 Å². The van der Waals surface area contributed by atoms with Gasteiger partial charge in [-0.15, -0.1) is 0 Å². The fourth-order valence-corrected chi connectivity index (χ4v) is 0. The van der Waals surface area contributed by atoms with Crippen LogP contribution in [0.25, 0.3) is 0 Å². The molecule has 0 heterocycles. The second-order valence-corrected chi connectivity index (χ2v) is 1.55. The summed E-state index contributed by atoms with van der Waals surface area (Å²) in [7, 11) is 0. The molecule has 2 N–H and O–H groups in total. The van der Waals surface area contributed by atoms with E-state index in [2.05, 4.69) is 0 Å². The van der Waals surface area contributed by atoms with Gasteiger partial charge in [0.05, 0.1) is 0 Å².